The van der Waals surface area contributed by atoms with Crippen LogP contribution in [0.1, 0.15) is 6.92 Å². The third kappa shape index (κ3) is 3.85. The molecule has 2 N–H and O–H groups in total. The molecule has 1 heterocycles. The minimum atomic E-state index is -0.755. The van der Waals surface area contributed by atoms with Crippen molar-refractivity contribution in [3.8, 4) is 0 Å². The molecule has 0 saturated carbocycles. The second kappa shape index (κ2) is 6.12. The molecule has 0 aliphatic heterocycles. The van der Waals surface area contributed by atoms with Gasteiger partial charge in [0.1, 0.15) is 23.3 Å². The fraction of sp³-hybridized carbons (Fsp3) is 0.154. The van der Waals surface area contributed by atoms with Gasteiger partial charge in [-0.05, 0) is 19.1 Å². The van der Waals surface area contributed by atoms with E-state index in [4.69, 9.17) is 0 Å². The molecule has 0 radical (unpaired) electrons. The van der Waals surface area contributed by atoms with Crippen LogP contribution in [0.5, 0.6) is 0 Å². The quantitative estimate of drug-likeness (QED) is 0.652. The molecule has 110 valence electrons. The number of aromatic nitrogens is 1. The zero-order valence-electron chi connectivity index (χ0n) is 11.1. The maximum absolute atomic E-state index is 13.1. The van der Waals surface area contributed by atoms with E-state index in [1.165, 1.54) is 12.1 Å². The van der Waals surface area contributed by atoms with Gasteiger partial charge < -0.3 is 10.6 Å². The van der Waals surface area contributed by atoms with E-state index in [1.54, 1.807) is 0 Å². The second-order valence-corrected chi connectivity index (χ2v) is 4.17. The highest BCUT2D eigenvalue weighted by molar-refractivity contribution is 5.62. The first-order valence-corrected chi connectivity index (χ1v) is 6.11. The van der Waals surface area contributed by atoms with Crippen molar-refractivity contribution in [1.29, 1.82) is 0 Å². The van der Waals surface area contributed by atoms with E-state index in [1.807, 2.05) is 6.92 Å². The third-order valence-corrected chi connectivity index (χ3v) is 2.51. The van der Waals surface area contributed by atoms with Crippen molar-refractivity contribution < 1.29 is 13.7 Å². The van der Waals surface area contributed by atoms with Crippen LogP contribution >= 0.6 is 0 Å². The molecule has 8 heteroatoms. The van der Waals surface area contributed by atoms with E-state index < -0.39 is 16.6 Å². The molecule has 0 saturated heterocycles. The van der Waals surface area contributed by atoms with Crippen molar-refractivity contribution in [2.45, 2.75) is 6.92 Å². The number of pyridine rings is 1. The van der Waals surface area contributed by atoms with Crippen LogP contribution in [0.2, 0.25) is 0 Å². The number of nitrogens with zero attached hydrogens (tertiary/aromatic N) is 2. The van der Waals surface area contributed by atoms with Gasteiger partial charge in [-0.2, -0.15) is 0 Å². The monoisotopic (exact) mass is 294 g/mol. The molecule has 0 aliphatic rings. The zero-order valence-corrected chi connectivity index (χ0v) is 11.1. The summed E-state index contributed by atoms with van der Waals surface area (Å²) in [6, 6.07) is 5.33. The molecule has 0 bridgehead atoms. The van der Waals surface area contributed by atoms with Crippen LogP contribution in [0.4, 0.5) is 31.8 Å². The van der Waals surface area contributed by atoms with Gasteiger partial charge in [0.2, 0.25) is 0 Å². The Bertz CT molecular complexity index is 659. The first-order valence-electron chi connectivity index (χ1n) is 6.11. The molecule has 0 atom stereocenters. The Morgan fingerprint density at radius 2 is 1.76 bits per heavy atom. The van der Waals surface area contributed by atoms with E-state index in [2.05, 4.69) is 15.6 Å². The number of nitro groups is 1. The number of benzene rings is 1. The lowest BCUT2D eigenvalue weighted by Gasteiger charge is -2.09. The van der Waals surface area contributed by atoms with Crippen molar-refractivity contribution in [1.82, 2.24) is 4.98 Å². The number of rotatable bonds is 5. The summed E-state index contributed by atoms with van der Waals surface area (Å²) in [7, 11) is 0. The lowest BCUT2D eigenvalue weighted by Crippen LogP contribution is -2.03. The fourth-order valence-electron chi connectivity index (χ4n) is 1.73. The first-order chi connectivity index (χ1) is 9.97. The molecule has 0 aliphatic carbocycles. The molecular weight excluding hydrogens is 282 g/mol. The lowest BCUT2D eigenvalue weighted by atomic mass is 10.3. The van der Waals surface area contributed by atoms with Crippen molar-refractivity contribution >= 4 is 23.0 Å². The molecule has 21 heavy (non-hydrogen) atoms. The predicted octanol–water partition coefficient (Wildman–Crippen LogP) is 3.44. The van der Waals surface area contributed by atoms with E-state index in [0.29, 0.717) is 12.4 Å². The molecule has 2 aromatic rings. The molecular formula is C13H12F2N4O2. The number of hydrogen-bond donors (Lipinski definition) is 2. The van der Waals surface area contributed by atoms with Crippen LogP contribution in [0, 0.1) is 21.7 Å². The molecule has 1 aromatic carbocycles. The average molecular weight is 294 g/mol. The van der Waals surface area contributed by atoms with Gasteiger partial charge >= 0.3 is 0 Å². The Balaban J connectivity index is 2.35. The molecule has 0 amide bonds. The van der Waals surface area contributed by atoms with Crippen molar-refractivity contribution in [3.63, 3.8) is 0 Å². The van der Waals surface area contributed by atoms with E-state index in [9.17, 15) is 18.9 Å². The molecule has 1 aromatic heterocycles. The van der Waals surface area contributed by atoms with Gasteiger partial charge in [0, 0.05) is 18.3 Å². The predicted molar refractivity (Wildman–Crippen MR) is 74.7 cm³/mol. The van der Waals surface area contributed by atoms with Gasteiger partial charge in [-0.1, -0.05) is 0 Å². The standard InChI is InChI=1S/C13H12F2N4O2/c1-2-16-12-6-11(19(20)21)7-13(18-12)17-10-4-8(14)3-9(15)5-10/h3-7H,2H2,1H3,(H2,16,17,18). The summed E-state index contributed by atoms with van der Waals surface area (Å²) >= 11 is 0. The van der Waals surface area contributed by atoms with Gasteiger partial charge in [0.15, 0.2) is 0 Å². The molecule has 6 nitrogen and oxygen atoms in total. The number of hydrogen-bond acceptors (Lipinski definition) is 5. The molecule has 0 spiro atoms. The Kier molecular flexibility index (Phi) is 4.27. The van der Waals surface area contributed by atoms with Crippen LogP contribution in [-0.2, 0) is 0 Å². The zero-order chi connectivity index (χ0) is 15.4. The van der Waals surface area contributed by atoms with E-state index in [-0.39, 0.29) is 17.2 Å². The highest BCUT2D eigenvalue weighted by atomic mass is 19.1. The number of anilines is 3. The third-order valence-electron chi connectivity index (χ3n) is 2.51. The Morgan fingerprint density at radius 1 is 1.14 bits per heavy atom. The van der Waals surface area contributed by atoms with Crippen LogP contribution < -0.4 is 10.6 Å². The molecule has 0 unspecified atom stereocenters. The van der Waals surface area contributed by atoms with Gasteiger partial charge in [-0.25, -0.2) is 13.8 Å². The average Bonchev–Trinajstić information content (AvgIpc) is 2.37. The fourth-order valence-corrected chi connectivity index (χ4v) is 1.73. The summed E-state index contributed by atoms with van der Waals surface area (Å²) in [5.74, 6) is -1.10. The largest absolute Gasteiger partial charge is 0.370 e. The number of halogens is 2. The Morgan fingerprint density at radius 3 is 2.33 bits per heavy atom. The number of nitrogens with one attached hydrogen (secondary N) is 2. The maximum Gasteiger partial charge on any atom is 0.276 e. The van der Waals surface area contributed by atoms with Gasteiger partial charge in [0.05, 0.1) is 17.1 Å². The Labute approximate surface area is 119 Å². The highest BCUT2D eigenvalue weighted by Gasteiger charge is 2.11. The van der Waals surface area contributed by atoms with Crippen molar-refractivity contribution in [3.05, 3.63) is 52.1 Å². The minimum Gasteiger partial charge on any atom is -0.370 e. The van der Waals surface area contributed by atoms with Gasteiger partial charge in [-0.15, -0.1) is 0 Å². The van der Waals surface area contributed by atoms with Crippen LogP contribution in [0.3, 0.4) is 0 Å². The topological polar surface area (TPSA) is 80.1 Å². The van der Waals surface area contributed by atoms with Crippen LogP contribution in [0.15, 0.2) is 30.3 Å². The summed E-state index contributed by atoms with van der Waals surface area (Å²) in [4.78, 5) is 14.4. The second-order valence-electron chi connectivity index (χ2n) is 4.17. The summed E-state index contributed by atoms with van der Waals surface area (Å²) in [5, 5.41) is 16.4. The summed E-state index contributed by atoms with van der Waals surface area (Å²) in [6.45, 7) is 2.35. The van der Waals surface area contributed by atoms with E-state index >= 15 is 0 Å². The normalized spacial score (nSPS) is 10.2. The minimum absolute atomic E-state index is 0.114. The summed E-state index contributed by atoms with van der Waals surface area (Å²) < 4.78 is 26.2. The summed E-state index contributed by atoms with van der Waals surface area (Å²) in [5.41, 5.74) is -0.0664. The van der Waals surface area contributed by atoms with Crippen LogP contribution in [-0.4, -0.2) is 16.5 Å². The van der Waals surface area contributed by atoms with E-state index in [0.717, 1.165) is 18.2 Å². The summed E-state index contributed by atoms with van der Waals surface area (Å²) in [6.07, 6.45) is 0. The lowest BCUT2D eigenvalue weighted by molar-refractivity contribution is -0.384. The van der Waals surface area contributed by atoms with Crippen molar-refractivity contribution in [2.75, 3.05) is 17.2 Å². The Hall–Kier alpha value is -2.77. The first kappa shape index (κ1) is 14.6. The molecule has 0 fully saturated rings. The SMILES string of the molecule is CCNc1cc([N+](=O)[O-])cc(Nc2cc(F)cc(F)c2)n1. The van der Waals surface area contributed by atoms with Crippen LogP contribution in [0.25, 0.3) is 0 Å². The smallest absolute Gasteiger partial charge is 0.276 e. The van der Waals surface area contributed by atoms with Crippen molar-refractivity contribution in [2.24, 2.45) is 0 Å². The molecule has 2 rings (SSSR count). The van der Waals surface area contributed by atoms with Gasteiger partial charge in [-0.3, -0.25) is 10.1 Å². The van der Waals surface area contributed by atoms with Gasteiger partial charge in [0.25, 0.3) is 5.69 Å². The maximum atomic E-state index is 13.1. The highest BCUT2D eigenvalue weighted by Crippen LogP contribution is 2.24.